The number of amides is 1. The van der Waals surface area contributed by atoms with Gasteiger partial charge in [0, 0.05) is 18.2 Å². The van der Waals surface area contributed by atoms with Gasteiger partial charge in [-0.1, -0.05) is 17.3 Å². The number of aromatic nitrogens is 2. The van der Waals surface area contributed by atoms with Crippen molar-refractivity contribution in [2.75, 3.05) is 11.9 Å². The molecule has 3 rings (SSSR count). The standard InChI is InChI=1S/C16H13N3O5/c1-10-8-15(24-19-10)18-13(20)9-22-16(21)7-6-14-17-11-4-2-3-5-12(11)23-14/h2-8H,9H2,1H3,(H,18,20)/b7-6+. The Morgan fingerprint density at radius 3 is 2.92 bits per heavy atom. The minimum atomic E-state index is -0.693. The summed E-state index contributed by atoms with van der Waals surface area (Å²) in [6.07, 6.45) is 2.51. The zero-order chi connectivity index (χ0) is 16.9. The van der Waals surface area contributed by atoms with E-state index >= 15 is 0 Å². The van der Waals surface area contributed by atoms with Gasteiger partial charge in [-0.05, 0) is 19.1 Å². The molecule has 0 saturated carbocycles. The molecule has 0 aliphatic carbocycles. The van der Waals surface area contributed by atoms with Gasteiger partial charge in [0.15, 0.2) is 12.2 Å². The molecule has 0 spiro atoms. The number of aryl methyl sites for hydroxylation is 1. The zero-order valence-corrected chi connectivity index (χ0v) is 12.7. The van der Waals surface area contributed by atoms with E-state index in [0.717, 1.165) is 6.08 Å². The van der Waals surface area contributed by atoms with Gasteiger partial charge in [0.1, 0.15) is 5.52 Å². The number of ether oxygens (including phenoxy) is 1. The molecule has 2 aromatic heterocycles. The highest BCUT2D eigenvalue weighted by Gasteiger charge is 2.09. The fourth-order valence-corrected chi connectivity index (χ4v) is 1.88. The average molecular weight is 327 g/mol. The Morgan fingerprint density at radius 1 is 1.33 bits per heavy atom. The number of esters is 1. The Labute approximate surface area is 136 Å². The second kappa shape index (κ2) is 6.78. The number of carbonyl (C=O) groups is 2. The van der Waals surface area contributed by atoms with Crippen molar-refractivity contribution in [2.24, 2.45) is 0 Å². The first-order valence-electron chi connectivity index (χ1n) is 7.04. The second-order valence-corrected chi connectivity index (χ2v) is 4.84. The lowest BCUT2D eigenvalue weighted by Crippen LogP contribution is -2.19. The maximum atomic E-state index is 11.6. The number of hydrogen-bond acceptors (Lipinski definition) is 7. The van der Waals surface area contributed by atoms with Gasteiger partial charge in [0.05, 0.1) is 5.69 Å². The van der Waals surface area contributed by atoms with Crippen molar-refractivity contribution in [1.29, 1.82) is 0 Å². The van der Waals surface area contributed by atoms with Crippen LogP contribution in [0, 0.1) is 6.92 Å². The minimum absolute atomic E-state index is 0.190. The summed E-state index contributed by atoms with van der Waals surface area (Å²) in [6.45, 7) is 1.27. The van der Waals surface area contributed by atoms with Gasteiger partial charge in [-0.2, -0.15) is 0 Å². The summed E-state index contributed by atoms with van der Waals surface area (Å²) in [6, 6.07) is 8.77. The summed E-state index contributed by atoms with van der Waals surface area (Å²) in [4.78, 5) is 27.4. The van der Waals surface area contributed by atoms with Crippen molar-refractivity contribution >= 4 is 34.9 Å². The fraction of sp³-hybridized carbons (Fsp3) is 0.125. The van der Waals surface area contributed by atoms with Crippen molar-refractivity contribution in [1.82, 2.24) is 10.1 Å². The van der Waals surface area contributed by atoms with Crippen LogP contribution in [0.3, 0.4) is 0 Å². The molecule has 3 aromatic rings. The Bertz CT molecular complexity index is 876. The summed E-state index contributed by atoms with van der Waals surface area (Å²) in [5, 5.41) is 6.03. The molecule has 0 fully saturated rings. The van der Waals surface area contributed by atoms with Crippen LogP contribution in [0.1, 0.15) is 11.6 Å². The van der Waals surface area contributed by atoms with Crippen LogP contribution in [0.15, 0.2) is 45.3 Å². The molecule has 122 valence electrons. The van der Waals surface area contributed by atoms with Crippen LogP contribution in [-0.4, -0.2) is 28.6 Å². The van der Waals surface area contributed by atoms with Gasteiger partial charge in [0.2, 0.25) is 11.8 Å². The van der Waals surface area contributed by atoms with E-state index in [9.17, 15) is 9.59 Å². The third-order valence-electron chi connectivity index (χ3n) is 2.91. The lowest BCUT2D eigenvalue weighted by atomic mass is 10.3. The number of nitrogens with zero attached hydrogens (tertiary/aromatic N) is 2. The highest BCUT2D eigenvalue weighted by Crippen LogP contribution is 2.15. The molecule has 0 radical (unpaired) electrons. The van der Waals surface area contributed by atoms with Gasteiger partial charge in [0.25, 0.3) is 5.91 Å². The number of rotatable bonds is 5. The van der Waals surface area contributed by atoms with E-state index in [1.807, 2.05) is 12.1 Å². The first-order valence-corrected chi connectivity index (χ1v) is 7.04. The number of hydrogen-bond donors (Lipinski definition) is 1. The lowest BCUT2D eigenvalue weighted by Gasteiger charge is -2.01. The summed E-state index contributed by atoms with van der Waals surface area (Å²) < 4.78 is 15.0. The van der Waals surface area contributed by atoms with E-state index in [1.54, 1.807) is 25.1 Å². The first kappa shape index (κ1) is 15.5. The third kappa shape index (κ3) is 3.86. The highest BCUT2D eigenvalue weighted by molar-refractivity contribution is 5.93. The SMILES string of the molecule is Cc1cc(NC(=O)COC(=O)/C=C/c2nc3ccccc3o2)on1. The van der Waals surface area contributed by atoms with Crippen molar-refractivity contribution in [3.05, 3.63) is 48.0 Å². The molecule has 0 aliphatic rings. The van der Waals surface area contributed by atoms with E-state index in [-0.39, 0.29) is 11.8 Å². The third-order valence-corrected chi connectivity index (χ3v) is 2.91. The molecule has 8 nitrogen and oxygen atoms in total. The van der Waals surface area contributed by atoms with Gasteiger partial charge >= 0.3 is 5.97 Å². The van der Waals surface area contributed by atoms with Crippen LogP contribution in [0.25, 0.3) is 17.2 Å². The molecular formula is C16H13N3O5. The monoisotopic (exact) mass is 327 g/mol. The molecule has 0 saturated heterocycles. The molecule has 1 N–H and O–H groups in total. The maximum absolute atomic E-state index is 11.6. The van der Waals surface area contributed by atoms with Gasteiger partial charge in [-0.25, -0.2) is 9.78 Å². The summed E-state index contributed by atoms with van der Waals surface area (Å²) in [5.74, 6) is -0.763. The van der Waals surface area contributed by atoms with Crippen molar-refractivity contribution in [2.45, 2.75) is 6.92 Å². The number of carbonyl (C=O) groups excluding carboxylic acids is 2. The van der Waals surface area contributed by atoms with Crippen LogP contribution >= 0.6 is 0 Å². The highest BCUT2D eigenvalue weighted by atomic mass is 16.5. The van der Waals surface area contributed by atoms with Crippen molar-refractivity contribution in [3.63, 3.8) is 0 Å². The van der Waals surface area contributed by atoms with E-state index in [1.165, 1.54) is 6.08 Å². The zero-order valence-electron chi connectivity index (χ0n) is 12.7. The van der Waals surface area contributed by atoms with Crippen LogP contribution in [-0.2, 0) is 14.3 Å². The summed E-state index contributed by atoms with van der Waals surface area (Å²) >= 11 is 0. The molecule has 0 atom stereocenters. The Balaban J connectivity index is 1.50. The summed E-state index contributed by atoms with van der Waals surface area (Å²) in [7, 11) is 0. The van der Waals surface area contributed by atoms with E-state index in [2.05, 4.69) is 15.5 Å². The number of nitrogens with one attached hydrogen (secondary N) is 1. The van der Waals surface area contributed by atoms with Crippen LogP contribution in [0.5, 0.6) is 0 Å². The Morgan fingerprint density at radius 2 is 2.17 bits per heavy atom. The van der Waals surface area contributed by atoms with Crippen LogP contribution in [0.4, 0.5) is 5.88 Å². The number of fused-ring (bicyclic) bond motifs is 1. The smallest absolute Gasteiger partial charge is 0.331 e. The molecular weight excluding hydrogens is 314 g/mol. The largest absolute Gasteiger partial charge is 0.452 e. The molecule has 0 unspecified atom stereocenters. The number of para-hydroxylation sites is 2. The predicted octanol–water partition coefficient (Wildman–Crippen LogP) is 2.32. The molecule has 1 aromatic carbocycles. The fourth-order valence-electron chi connectivity index (χ4n) is 1.88. The first-order chi connectivity index (χ1) is 11.6. The Hall–Kier alpha value is -3.42. The maximum Gasteiger partial charge on any atom is 0.331 e. The van der Waals surface area contributed by atoms with Crippen LogP contribution < -0.4 is 5.32 Å². The molecule has 1 amide bonds. The topological polar surface area (TPSA) is 107 Å². The van der Waals surface area contributed by atoms with Crippen LogP contribution in [0.2, 0.25) is 0 Å². The van der Waals surface area contributed by atoms with E-state index in [0.29, 0.717) is 16.8 Å². The van der Waals surface area contributed by atoms with Gasteiger partial charge in [-0.15, -0.1) is 0 Å². The lowest BCUT2D eigenvalue weighted by molar-refractivity contribution is -0.142. The van der Waals surface area contributed by atoms with Gasteiger partial charge < -0.3 is 13.7 Å². The number of anilines is 1. The van der Waals surface area contributed by atoms with Crippen molar-refractivity contribution < 1.29 is 23.3 Å². The molecule has 24 heavy (non-hydrogen) atoms. The number of oxazole rings is 1. The molecule has 0 aliphatic heterocycles. The molecule has 8 heteroatoms. The molecule has 0 bridgehead atoms. The minimum Gasteiger partial charge on any atom is -0.452 e. The van der Waals surface area contributed by atoms with E-state index < -0.39 is 18.5 Å². The molecule has 2 heterocycles. The quantitative estimate of drug-likeness (QED) is 0.566. The predicted molar refractivity (Wildman–Crippen MR) is 83.9 cm³/mol. The van der Waals surface area contributed by atoms with Gasteiger partial charge in [-0.3, -0.25) is 10.1 Å². The van der Waals surface area contributed by atoms with E-state index in [4.69, 9.17) is 13.7 Å². The second-order valence-electron chi connectivity index (χ2n) is 4.84. The normalized spacial score (nSPS) is 11.0. The average Bonchev–Trinajstić information content (AvgIpc) is 3.16. The number of benzene rings is 1. The summed E-state index contributed by atoms with van der Waals surface area (Å²) in [5.41, 5.74) is 1.93. The van der Waals surface area contributed by atoms with Crippen molar-refractivity contribution in [3.8, 4) is 0 Å². The Kier molecular flexibility index (Phi) is 4.37.